The van der Waals surface area contributed by atoms with Gasteiger partial charge in [0.25, 0.3) is 15.9 Å². The SMILES string of the molecule is C=CCN1C(=O)C(=Cc2ccc(OC)c(OCCCCCCC)c2)SC1=NS(=O)(=O)c1ccc(Br)cc1. The van der Waals surface area contributed by atoms with E-state index in [2.05, 4.69) is 33.8 Å². The fourth-order valence-electron chi connectivity index (χ4n) is 3.56. The second-order valence-corrected chi connectivity index (χ2v) is 11.8. The summed E-state index contributed by atoms with van der Waals surface area (Å²) in [6, 6.07) is 11.6. The van der Waals surface area contributed by atoms with E-state index in [1.807, 2.05) is 12.1 Å². The Kier molecular flexibility index (Phi) is 10.8. The van der Waals surface area contributed by atoms with Crippen LogP contribution in [-0.4, -0.2) is 44.7 Å². The average Bonchev–Trinajstić information content (AvgIpc) is 3.15. The van der Waals surface area contributed by atoms with Crippen LogP contribution in [0.15, 0.2) is 73.8 Å². The number of carbonyl (C=O) groups excluding carboxylic acids is 1. The molecule has 0 N–H and O–H groups in total. The van der Waals surface area contributed by atoms with E-state index in [9.17, 15) is 13.2 Å². The number of unbranched alkanes of at least 4 members (excludes halogenated alkanes) is 4. The number of ether oxygens (including phenoxy) is 2. The lowest BCUT2D eigenvalue weighted by Crippen LogP contribution is -2.29. The van der Waals surface area contributed by atoms with Crippen molar-refractivity contribution < 1.29 is 22.7 Å². The Morgan fingerprint density at radius 2 is 1.81 bits per heavy atom. The molecule has 0 aromatic heterocycles. The highest BCUT2D eigenvalue weighted by Crippen LogP contribution is 2.35. The maximum atomic E-state index is 13.1. The average molecular weight is 608 g/mol. The first-order valence-electron chi connectivity index (χ1n) is 12.0. The number of hydrogen-bond acceptors (Lipinski definition) is 6. The van der Waals surface area contributed by atoms with Crippen molar-refractivity contribution in [2.24, 2.45) is 4.40 Å². The molecule has 2 aromatic carbocycles. The molecule has 37 heavy (non-hydrogen) atoms. The monoisotopic (exact) mass is 606 g/mol. The van der Waals surface area contributed by atoms with Crippen molar-refractivity contribution in [2.45, 2.75) is 43.9 Å². The van der Waals surface area contributed by atoms with Gasteiger partial charge in [0, 0.05) is 11.0 Å². The quantitative estimate of drug-likeness (QED) is 0.144. The molecule has 0 radical (unpaired) electrons. The van der Waals surface area contributed by atoms with Gasteiger partial charge in [-0.3, -0.25) is 9.69 Å². The highest BCUT2D eigenvalue weighted by molar-refractivity contribution is 9.10. The first-order chi connectivity index (χ1) is 17.8. The zero-order chi connectivity index (χ0) is 26.8. The third-order valence-corrected chi connectivity index (χ3v) is 8.43. The van der Waals surface area contributed by atoms with Crippen LogP contribution < -0.4 is 9.47 Å². The molecule has 7 nitrogen and oxygen atoms in total. The molecular formula is C27H31BrN2O5S2. The lowest BCUT2D eigenvalue weighted by molar-refractivity contribution is -0.121. The molecule has 10 heteroatoms. The van der Waals surface area contributed by atoms with Gasteiger partial charge < -0.3 is 9.47 Å². The molecule has 1 heterocycles. The molecule has 0 bridgehead atoms. The van der Waals surface area contributed by atoms with Crippen LogP contribution in [0.1, 0.15) is 44.6 Å². The second kappa shape index (κ2) is 13.8. The fraction of sp³-hybridized carbons (Fsp3) is 0.333. The largest absolute Gasteiger partial charge is 0.493 e. The van der Waals surface area contributed by atoms with Gasteiger partial charge in [-0.2, -0.15) is 8.42 Å². The summed E-state index contributed by atoms with van der Waals surface area (Å²) in [6.45, 7) is 6.58. The zero-order valence-corrected chi connectivity index (χ0v) is 24.2. The smallest absolute Gasteiger partial charge is 0.284 e. The lowest BCUT2D eigenvalue weighted by atomic mass is 10.1. The van der Waals surface area contributed by atoms with E-state index < -0.39 is 10.0 Å². The highest BCUT2D eigenvalue weighted by atomic mass is 79.9. The number of halogens is 1. The van der Waals surface area contributed by atoms with Crippen molar-refractivity contribution in [3.63, 3.8) is 0 Å². The van der Waals surface area contributed by atoms with E-state index in [-0.39, 0.29) is 22.5 Å². The highest BCUT2D eigenvalue weighted by Gasteiger charge is 2.34. The maximum Gasteiger partial charge on any atom is 0.284 e. The topological polar surface area (TPSA) is 85.3 Å². The first kappa shape index (κ1) is 29.0. The Hall–Kier alpha value is -2.56. The summed E-state index contributed by atoms with van der Waals surface area (Å²) in [4.78, 5) is 14.8. The normalized spacial score (nSPS) is 16.0. The first-order valence-corrected chi connectivity index (χ1v) is 15.1. The second-order valence-electron chi connectivity index (χ2n) is 8.29. The van der Waals surface area contributed by atoms with Gasteiger partial charge in [-0.25, -0.2) is 0 Å². The van der Waals surface area contributed by atoms with Crippen molar-refractivity contribution in [1.82, 2.24) is 4.90 Å². The van der Waals surface area contributed by atoms with Gasteiger partial charge in [0.2, 0.25) is 0 Å². The third-order valence-electron chi connectivity index (χ3n) is 5.50. The number of amidine groups is 1. The summed E-state index contributed by atoms with van der Waals surface area (Å²) in [6.07, 6.45) is 8.88. The molecule has 0 saturated carbocycles. The minimum absolute atomic E-state index is 0.0406. The van der Waals surface area contributed by atoms with Crippen LogP contribution in [0.5, 0.6) is 11.5 Å². The molecule has 3 rings (SSSR count). The minimum Gasteiger partial charge on any atom is -0.493 e. The number of sulfonamides is 1. The summed E-state index contributed by atoms with van der Waals surface area (Å²) < 4.78 is 41.9. The number of methoxy groups -OCH3 is 1. The van der Waals surface area contributed by atoms with Crippen LogP contribution in [0.2, 0.25) is 0 Å². The van der Waals surface area contributed by atoms with Crippen LogP contribution in [0.4, 0.5) is 0 Å². The Morgan fingerprint density at radius 3 is 2.49 bits per heavy atom. The Balaban J connectivity index is 1.84. The van der Waals surface area contributed by atoms with Crippen LogP contribution in [0.25, 0.3) is 6.08 Å². The molecule has 0 spiro atoms. The summed E-state index contributed by atoms with van der Waals surface area (Å²) in [5, 5.41) is 0.0798. The van der Waals surface area contributed by atoms with Crippen LogP contribution in [0.3, 0.4) is 0 Å². The molecule has 1 saturated heterocycles. The van der Waals surface area contributed by atoms with Gasteiger partial charge in [-0.1, -0.05) is 60.7 Å². The van der Waals surface area contributed by atoms with Gasteiger partial charge in [-0.05, 0) is 66.2 Å². The molecule has 1 aliphatic rings. The summed E-state index contributed by atoms with van der Waals surface area (Å²) in [5.74, 6) is 0.860. The molecule has 1 fully saturated rings. The van der Waals surface area contributed by atoms with Gasteiger partial charge in [-0.15, -0.1) is 11.0 Å². The van der Waals surface area contributed by atoms with E-state index in [1.165, 1.54) is 42.4 Å². The number of nitrogens with zero attached hydrogens (tertiary/aromatic N) is 2. The van der Waals surface area contributed by atoms with Gasteiger partial charge in [0.05, 0.1) is 23.5 Å². The number of carbonyl (C=O) groups is 1. The van der Waals surface area contributed by atoms with Crippen molar-refractivity contribution >= 4 is 54.9 Å². The predicted octanol–water partition coefficient (Wildman–Crippen LogP) is 6.65. The van der Waals surface area contributed by atoms with E-state index in [1.54, 1.807) is 31.4 Å². The fourth-order valence-corrected chi connectivity index (χ4v) is 6.02. The standard InChI is InChI=1S/C27H31BrN2O5S2/c1-4-6-7-8-9-17-35-24-18-20(10-15-23(24)34-3)19-25-26(31)30(16-5-2)27(36-25)29-37(32,33)22-13-11-21(28)12-14-22/h5,10-15,18-19H,2,4,6-9,16-17H2,1,3H3. The maximum absolute atomic E-state index is 13.1. The predicted molar refractivity (Wildman–Crippen MR) is 153 cm³/mol. The molecule has 1 amide bonds. The van der Waals surface area contributed by atoms with Crippen molar-refractivity contribution in [2.75, 3.05) is 20.3 Å². The molecule has 0 atom stereocenters. The molecular weight excluding hydrogens is 576 g/mol. The minimum atomic E-state index is -4.01. The molecule has 2 aromatic rings. The molecule has 0 aliphatic carbocycles. The number of thioether (sulfide) groups is 1. The zero-order valence-electron chi connectivity index (χ0n) is 21.0. The summed E-state index contributed by atoms with van der Waals surface area (Å²) >= 11 is 4.31. The van der Waals surface area contributed by atoms with Crippen LogP contribution >= 0.6 is 27.7 Å². The van der Waals surface area contributed by atoms with Crippen molar-refractivity contribution in [3.8, 4) is 11.5 Å². The van der Waals surface area contributed by atoms with Gasteiger partial charge >= 0.3 is 0 Å². The molecule has 198 valence electrons. The van der Waals surface area contributed by atoms with E-state index in [0.29, 0.717) is 23.0 Å². The summed E-state index contributed by atoms with van der Waals surface area (Å²) in [5.41, 5.74) is 0.730. The summed E-state index contributed by atoms with van der Waals surface area (Å²) in [7, 11) is -2.43. The van der Waals surface area contributed by atoms with Crippen molar-refractivity contribution in [3.05, 3.63) is 70.1 Å². The Bertz CT molecular complexity index is 1270. The van der Waals surface area contributed by atoms with Crippen molar-refractivity contribution in [1.29, 1.82) is 0 Å². The molecule has 0 unspecified atom stereocenters. The van der Waals surface area contributed by atoms with Gasteiger partial charge in [0.1, 0.15) is 0 Å². The number of hydrogen-bond donors (Lipinski definition) is 0. The lowest BCUT2D eigenvalue weighted by Gasteiger charge is -2.12. The number of benzene rings is 2. The van der Waals surface area contributed by atoms with Gasteiger partial charge in [0.15, 0.2) is 16.7 Å². The number of amides is 1. The van der Waals surface area contributed by atoms with E-state index >= 15 is 0 Å². The van der Waals surface area contributed by atoms with Crippen LogP contribution in [-0.2, 0) is 14.8 Å². The van der Waals surface area contributed by atoms with E-state index in [4.69, 9.17) is 9.47 Å². The van der Waals surface area contributed by atoms with Crippen LogP contribution in [0, 0.1) is 0 Å². The molecule has 1 aliphatic heterocycles. The Labute approximate surface area is 231 Å². The van der Waals surface area contributed by atoms with E-state index in [0.717, 1.165) is 34.6 Å². The number of rotatable bonds is 13. The Morgan fingerprint density at radius 1 is 1.08 bits per heavy atom. The third kappa shape index (κ3) is 7.96.